The first-order valence-corrected chi connectivity index (χ1v) is 2.48. The number of hydrogen-bond acceptors (Lipinski definition) is 0. The van der Waals surface area contributed by atoms with Gasteiger partial charge in [0.1, 0.15) is 0 Å². The molecule has 1 unspecified atom stereocenters. The number of halogens is 1. The van der Waals surface area contributed by atoms with Crippen molar-refractivity contribution in [2.45, 2.75) is 0 Å². The molecular formula is C6H8AuClP. The average molecular weight is 344 g/mol. The van der Waals surface area contributed by atoms with E-state index < -0.39 is 0 Å². The van der Waals surface area contributed by atoms with E-state index in [0.717, 1.165) is 5.02 Å². The van der Waals surface area contributed by atoms with Crippen molar-refractivity contribution >= 4 is 21.5 Å². The minimum atomic E-state index is 0. The van der Waals surface area contributed by atoms with Crippen LogP contribution in [0.3, 0.4) is 0 Å². The molecule has 0 saturated carbocycles. The molecule has 1 aromatic rings. The number of hydrogen-bond donors (Lipinski definition) is 0. The van der Waals surface area contributed by atoms with E-state index in [9.17, 15) is 0 Å². The molecule has 0 aromatic heterocycles. The zero-order valence-corrected chi connectivity index (χ0v) is 9.11. The molecule has 0 nitrogen and oxygen atoms in total. The predicted molar refractivity (Wildman–Crippen MR) is 42.6 cm³/mol. The van der Waals surface area contributed by atoms with Gasteiger partial charge in [-0.1, -0.05) is 29.8 Å². The Labute approximate surface area is 79.1 Å². The Morgan fingerprint density at radius 1 is 1.00 bits per heavy atom. The predicted octanol–water partition coefficient (Wildman–Crippen LogP) is 2.40. The van der Waals surface area contributed by atoms with Gasteiger partial charge in [0.2, 0.25) is 0 Å². The Kier molecular flexibility index (Phi) is 9.34. The third-order valence-corrected chi connectivity index (χ3v) is 0.985. The fourth-order valence-corrected chi connectivity index (χ4v) is 0.560. The van der Waals surface area contributed by atoms with Crippen molar-refractivity contribution < 1.29 is 22.4 Å². The van der Waals surface area contributed by atoms with E-state index in [-0.39, 0.29) is 32.3 Å². The second-order valence-electron chi connectivity index (χ2n) is 1.30. The Morgan fingerprint density at radius 3 is 1.67 bits per heavy atom. The number of rotatable bonds is 0. The van der Waals surface area contributed by atoms with Crippen molar-refractivity contribution in [3.8, 4) is 0 Å². The zero-order chi connectivity index (χ0) is 5.11. The summed E-state index contributed by atoms with van der Waals surface area (Å²) >= 11 is 5.54. The molecule has 0 aliphatic rings. The topological polar surface area (TPSA) is 0 Å². The van der Waals surface area contributed by atoms with Crippen LogP contribution in [0.2, 0.25) is 5.02 Å². The minimum Gasteiger partial charge on any atom is -0.153 e. The van der Waals surface area contributed by atoms with Gasteiger partial charge in [-0.05, 0) is 12.1 Å². The summed E-state index contributed by atoms with van der Waals surface area (Å²) in [5.41, 5.74) is 0. The summed E-state index contributed by atoms with van der Waals surface area (Å²) in [5.74, 6) is 0. The largest absolute Gasteiger partial charge is 0.153 e. The van der Waals surface area contributed by atoms with Gasteiger partial charge >= 0.3 is 0 Å². The Bertz CT molecular complexity index is 143. The first-order valence-electron chi connectivity index (χ1n) is 2.10. The quantitative estimate of drug-likeness (QED) is 0.501. The van der Waals surface area contributed by atoms with Crippen molar-refractivity contribution in [2.24, 2.45) is 0 Å². The van der Waals surface area contributed by atoms with Crippen molar-refractivity contribution in [1.29, 1.82) is 0 Å². The molecule has 0 amide bonds. The fourth-order valence-electron chi connectivity index (χ4n) is 0.415. The molecule has 0 fully saturated rings. The molecule has 0 aliphatic carbocycles. The Balaban J connectivity index is 0. The average Bonchev–Trinajstić information content (AvgIpc) is 1.69. The molecule has 1 rings (SSSR count). The molecule has 0 aliphatic heterocycles. The molecule has 55 valence electrons. The monoisotopic (exact) mass is 343 g/mol. The summed E-state index contributed by atoms with van der Waals surface area (Å²) in [7, 11) is 0. The van der Waals surface area contributed by atoms with E-state index in [0.29, 0.717) is 0 Å². The van der Waals surface area contributed by atoms with Crippen LogP contribution in [0.4, 0.5) is 0 Å². The maximum absolute atomic E-state index is 5.54. The standard InChI is InChI=1S/C6H5Cl.Au.H3P/c7-6-4-2-1-3-5-6;;/h1-5H;;1H3. The molecular weight excluding hydrogens is 335 g/mol. The molecule has 0 saturated heterocycles. The van der Waals surface area contributed by atoms with E-state index in [4.69, 9.17) is 11.6 Å². The van der Waals surface area contributed by atoms with Gasteiger partial charge in [-0.15, -0.1) is 0 Å². The smallest absolute Gasteiger partial charge is 0.0405 e. The van der Waals surface area contributed by atoms with Crippen LogP contribution in [-0.2, 0) is 22.4 Å². The van der Waals surface area contributed by atoms with Gasteiger partial charge in [0.25, 0.3) is 0 Å². The first-order chi connectivity index (χ1) is 3.39. The maximum atomic E-state index is 5.54. The zero-order valence-electron chi connectivity index (χ0n) is 4.77. The van der Waals surface area contributed by atoms with Gasteiger partial charge in [-0.3, -0.25) is 0 Å². The van der Waals surface area contributed by atoms with E-state index in [1.165, 1.54) is 0 Å². The van der Waals surface area contributed by atoms with Crippen molar-refractivity contribution in [2.75, 3.05) is 0 Å². The molecule has 0 spiro atoms. The Hall–Kier alpha value is 0.680. The van der Waals surface area contributed by atoms with Crippen molar-refractivity contribution in [3.63, 3.8) is 0 Å². The second-order valence-corrected chi connectivity index (χ2v) is 1.73. The third-order valence-electron chi connectivity index (χ3n) is 0.733. The van der Waals surface area contributed by atoms with Crippen molar-refractivity contribution in [3.05, 3.63) is 35.4 Å². The van der Waals surface area contributed by atoms with Crippen LogP contribution in [0.25, 0.3) is 0 Å². The van der Waals surface area contributed by atoms with Crippen LogP contribution in [0.5, 0.6) is 0 Å². The van der Waals surface area contributed by atoms with E-state index in [1.54, 1.807) is 0 Å². The fraction of sp³-hybridized carbons (Fsp3) is 0. The van der Waals surface area contributed by atoms with Gasteiger partial charge in [0, 0.05) is 27.4 Å². The summed E-state index contributed by atoms with van der Waals surface area (Å²) in [6.07, 6.45) is 0. The van der Waals surface area contributed by atoms with E-state index in [2.05, 4.69) is 0 Å². The molecule has 3 heteroatoms. The van der Waals surface area contributed by atoms with E-state index in [1.807, 2.05) is 30.3 Å². The van der Waals surface area contributed by atoms with Crippen LogP contribution >= 0.6 is 21.5 Å². The summed E-state index contributed by atoms with van der Waals surface area (Å²) in [5, 5.41) is 0.794. The van der Waals surface area contributed by atoms with Crippen LogP contribution in [0.1, 0.15) is 0 Å². The molecule has 1 radical (unpaired) electrons. The van der Waals surface area contributed by atoms with Crippen molar-refractivity contribution in [1.82, 2.24) is 0 Å². The summed E-state index contributed by atoms with van der Waals surface area (Å²) < 4.78 is 0. The van der Waals surface area contributed by atoms with Gasteiger partial charge < -0.3 is 0 Å². The molecule has 0 bridgehead atoms. The summed E-state index contributed by atoms with van der Waals surface area (Å²) in [6.45, 7) is 0. The van der Waals surface area contributed by atoms with Crippen LogP contribution in [-0.4, -0.2) is 0 Å². The molecule has 9 heavy (non-hydrogen) atoms. The SMILES string of the molecule is Clc1ccccc1.P.[Au]. The van der Waals surface area contributed by atoms with Crippen LogP contribution in [0, 0.1) is 0 Å². The second kappa shape index (κ2) is 6.80. The van der Waals surface area contributed by atoms with Gasteiger partial charge in [-0.25, -0.2) is 0 Å². The molecule has 0 N–H and O–H groups in total. The van der Waals surface area contributed by atoms with Crippen LogP contribution < -0.4 is 0 Å². The number of benzene rings is 1. The molecule has 0 heterocycles. The molecule has 1 atom stereocenters. The van der Waals surface area contributed by atoms with Gasteiger partial charge in [0.15, 0.2) is 0 Å². The summed E-state index contributed by atoms with van der Waals surface area (Å²) in [6, 6.07) is 9.44. The third kappa shape index (κ3) is 5.14. The maximum Gasteiger partial charge on any atom is 0.0405 e. The molecule has 1 aromatic carbocycles. The summed E-state index contributed by atoms with van der Waals surface area (Å²) in [4.78, 5) is 0. The Morgan fingerprint density at radius 2 is 1.44 bits per heavy atom. The minimum absolute atomic E-state index is 0. The normalized spacial score (nSPS) is 6.78. The van der Waals surface area contributed by atoms with E-state index >= 15 is 0 Å². The van der Waals surface area contributed by atoms with Crippen LogP contribution in [0.15, 0.2) is 30.3 Å². The van der Waals surface area contributed by atoms with Gasteiger partial charge in [0.05, 0.1) is 0 Å². The first kappa shape index (κ1) is 12.4. The van der Waals surface area contributed by atoms with Gasteiger partial charge in [-0.2, -0.15) is 9.90 Å².